The van der Waals surface area contributed by atoms with Crippen molar-refractivity contribution < 1.29 is 19.1 Å². The van der Waals surface area contributed by atoms with E-state index in [0.29, 0.717) is 28.3 Å². The number of rotatable bonds is 7. The zero-order chi connectivity index (χ0) is 22.2. The molecule has 1 aliphatic heterocycles. The molecule has 31 heavy (non-hydrogen) atoms. The number of piperidine rings is 1. The van der Waals surface area contributed by atoms with Crippen molar-refractivity contribution in [1.82, 2.24) is 15.5 Å². The molecule has 2 fully saturated rings. The Bertz CT molecular complexity index is 762. The van der Waals surface area contributed by atoms with E-state index < -0.39 is 0 Å². The largest absolute Gasteiger partial charge is 0.495 e. The predicted octanol–water partition coefficient (Wildman–Crippen LogP) is 3.39. The summed E-state index contributed by atoms with van der Waals surface area (Å²) in [4.78, 5) is 26.9. The molecular weight excluding hydrogens is 420 g/mol. The maximum Gasteiger partial charge on any atom is 0.315 e. The van der Waals surface area contributed by atoms with Crippen LogP contribution in [0.4, 0.5) is 10.5 Å². The molecule has 0 radical (unpaired) electrons. The lowest BCUT2D eigenvalue weighted by molar-refractivity contribution is -0.117. The second-order valence-corrected chi connectivity index (χ2v) is 8.65. The number of benzene rings is 1. The molecule has 0 atom stereocenters. The molecule has 0 unspecified atom stereocenters. The zero-order valence-corrected chi connectivity index (χ0v) is 19.1. The molecular formula is C22H33ClN4O4. The van der Waals surface area contributed by atoms with Crippen LogP contribution in [0.15, 0.2) is 12.1 Å². The summed E-state index contributed by atoms with van der Waals surface area (Å²) in [6.45, 7) is 1.78. The van der Waals surface area contributed by atoms with E-state index in [0.717, 1.165) is 38.8 Å². The molecule has 1 saturated heterocycles. The summed E-state index contributed by atoms with van der Waals surface area (Å²) < 4.78 is 10.5. The first kappa shape index (κ1) is 23.5. The summed E-state index contributed by atoms with van der Waals surface area (Å²) in [7, 11) is 3.05. The second kappa shape index (κ2) is 11.4. The SMILES string of the molecule is COc1cc(OC)c(NC(=O)CN2CCC(NC(=O)NC3CCCCC3)CC2)cc1Cl. The molecule has 3 N–H and O–H groups in total. The van der Waals surface area contributed by atoms with Crippen LogP contribution in [0.1, 0.15) is 44.9 Å². The van der Waals surface area contributed by atoms with E-state index in [-0.39, 0.29) is 24.5 Å². The summed E-state index contributed by atoms with van der Waals surface area (Å²) in [5, 5.41) is 9.46. The average Bonchev–Trinajstić information content (AvgIpc) is 2.76. The Morgan fingerprint density at radius 2 is 1.58 bits per heavy atom. The highest BCUT2D eigenvalue weighted by molar-refractivity contribution is 6.32. The minimum Gasteiger partial charge on any atom is -0.495 e. The summed E-state index contributed by atoms with van der Waals surface area (Å²) in [5.74, 6) is 0.834. The van der Waals surface area contributed by atoms with Crippen molar-refractivity contribution in [1.29, 1.82) is 0 Å². The number of likely N-dealkylation sites (tertiary alicyclic amines) is 1. The molecule has 2 aliphatic rings. The van der Waals surface area contributed by atoms with E-state index in [4.69, 9.17) is 21.1 Å². The maximum absolute atomic E-state index is 12.5. The minimum absolute atomic E-state index is 0.0634. The van der Waals surface area contributed by atoms with Crippen molar-refractivity contribution in [2.45, 2.75) is 57.0 Å². The highest BCUT2D eigenvalue weighted by Gasteiger charge is 2.24. The number of nitrogens with one attached hydrogen (secondary N) is 3. The number of carbonyl (C=O) groups is 2. The van der Waals surface area contributed by atoms with Gasteiger partial charge in [0.05, 0.1) is 31.5 Å². The van der Waals surface area contributed by atoms with Gasteiger partial charge in [-0.3, -0.25) is 9.69 Å². The third kappa shape index (κ3) is 6.90. The van der Waals surface area contributed by atoms with Crippen molar-refractivity contribution in [3.05, 3.63) is 17.2 Å². The van der Waals surface area contributed by atoms with Gasteiger partial charge in [-0.2, -0.15) is 0 Å². The van der Waals surface area contributed by atoms with Crippen molar-refractivity contribution in [3.8, 4) is 11.5 Å². The van der Waals surface area contributed by atoms with Crippen LogP contribution in [-0.2, 0) is 4.79 Å². The zero-order valence-electron chi connectivity index (χ0n) is 18.3. The Morgan fingerprint density at radius 1 is 0.968 bits per heavy atom. The number of urea groups is 1. The highest BCUT2D eigenvalue weighted by atomic mass is 35.5. The quantitative estimate of drug-likeness (QED) is 0.589. The average molecular weight is 453 g/mol. The molecule has 1 heterocycles. The molecule has 1 aliphatic carbocycles. The van der Waals surface area contributed by atoms with E-state index in [9.17, 15) is 9.59 Å². The monoisotopic (exact) mass is 452 g/mol. The van der Waals surface area contributed by atoms with Crippen LogP contribution in [0.25, 0.3) is 0 Å². The molecule has 8 nitrogen and oxygen atoms in total. The van der Waals surface area contributed by atoms with Crippen molar-refractivity contribution in [2.75, 3.05) is 39.2 Å². The number of carbonyl (C=O) groups excluding carboxylic acids is 2. The third-order valence-corrected chi connectivity index (χ3v) is 6.27. The van der Waals surface area contributed by atoms with E-state index >= 15 is 0 Å². The van der Waals surface area contributed by atoms with E-state index in [1.54, 1.807) is 12.1 Å². The summed E-state index contributed by atoms with van der Waals surface area (Å²) in [6.07, 6.45) is 7.45. The fraction of sp³-hybridized carbons (Fsp3) is 0.636. The standard InChI is InChI=1S/C22H33ClN4O4/c1-30-19-13-20(31-2)18(12-17(19)23)26-21(28)14-27-10-8-16(9-11-27)25-22(29)24-15-6-4-3-5-7-15/h12-13,15-16H,3-11,14H2,1-2H3,(H,26,28)(H2,24,25,29). The van der Waals surface area contributed by atoms with Crippen LogP contribution in [0, 0.1) is 0 Å². The number of methoxy groups -OCH3 is 2. The molecule has 1 saturated carbocycles. The summed E-state index contributed by atoms with van der Waals surface area (Å²) in [5.41, 5.74) is 0.509. The molecule has 172 valence electrons. The molecule has 1 aromatic rings. The predicted molar refractivity (Wildman–Crippen MR) is 121 cm³/mol. The first-order valence-electron chi connectivity index (χ1n) is 11.0. The van der Waals surface area contributed by atoms with E-state index in [1.807, 2.05) is 0 Å². The molecule has 0 aromatic heterocycles. The number of amides is 3. The van der Waals surface area contributed by atoms with Gasteiger partial charge in [0.25, 0.3) is 0 Å². The molecule has 3 amide bonds. The van der Waals surface area contributed by atoms with Crippen LogP contribution in [0.5, 0.6) is 11.5 Å². The number of nitrogens with zero attached hydrogens (tertiary/aromatic N) is 1. The van der Waals surface area contributed by atoms with Gasteiger partial charge in [0, 0.05) is 31.2 Å². The van der Waals surface area contributed by atoms with Crippen LogP contribution in [0.3, 0.4) is 0 Å². The van der Waals surface area contributed by atoms with Gasteiger partial charge >= 0.3 is 6.03 Å². The highest BCUT2D eigenvalue weighted by Crippen LogP contribution is 2.35. The summed E-state index contributed by atoms with van der Waals surface area (Å²) in [6, 6.07) is 3.65. The van der Waals surface area contributed by atoms with Gasteiger partial charge in [0.1, 0.15) is 11.5 Å². The molecule has 3 rings (SSSR count). The lowest BCUT2D eigenvalue weighted by Crippen LogP contribution is -2.51. The van der Waals surface area contributed by atoms with Gasteiger partial charge in [-0.05, 0) is 31.7 Å². The van der Waals surface area contributed by atoms with Gasteiger partial charge in [-0.25, -0.2) is 4.79 Å². The van der Waals surface area contributed by atoms with E-state index in [2.05, 4.69) is 20.9 Å². The van der Waals surface area contributed by atoms with E-state index in [1.165, 1.54) is 33.5 Å². The van der Waals surface area contributed by atoms with Gasteiger partial charge in [0.2, 0.25) is 5.91 Å². The fourth-order valence-electron chi connectivity index (χ4n) is 4.25. The van der Waals surface area contributed by atoms with Gasteiger partial charge < -0.3 is 25.4 Å². The lowest BCUT2D eigenvalue weighted by Gasteiger charge is -2.32. The van der Waals surface area contributed by atoms with Gasteiger partial charge in [-0.15, -0.1) is 0 Å². The topological polar surface area (TPSA) is 91.9 Å². The Kier molecular flexibility index (Phi) is 8.66. The summed E-state index contributed by atoms with van der Waals surface area (Å²) >= 11 is 6.17. The first-order chi connectivity index (χ1) is 15.0. The second-order valence-electron chi connectivity index (χ2n) is 8.24. The number of ether oxygens (including phenoxy) is 2. The van der Waals surface area contributed by atoms with Crippen LogP contribution in [0.2, 0.25) is 5.02 Å². The number of halogens is 1. The number of hydrogen-bond acceptors (Lipinski definition) is 5. The van der Waals surface area contributed by atoms with Crippen LogP contribution in [-0.4, -0.2) is 62.8 Å². The smallest absolute Gasteiger partial charge is 0.315 e. The first-order valence-corrected chi connectivity index (χ1v) is 11.4. The Labute approximate surface area is 189 Å². The normalized spacial score (nSPS) is 18.3. The van der Waals surface area contributed by atoms with Crippen LogP contribution >= 0.6 is 11.6 Å². The van der Waals surface area contributed by atoms with Gasteiger partial charge in [-0.1, -0.05) is 30.9 Å². The van der Waals surface area contributed by atoms with Gasteiger partial charge in [0.15, 0.2) is 0 Å². The number of hydrogen-bond donors (Lipinski definition) is 3. The van der Waals surface area contributed by atoms with Crippen molar-refractivity contribution in [3.63, 3.8) is 0 Å². The van der Waals surface area contributed by atoms with Crippen LogP contribution < -0.4 is 25.4 Å². The maximum atomic E-state index is 12.5. The Balaban J connectivity index is 1.42. The third-order valence-electron chi connectivity index (χ3n) is 5.98. The fourth-order valence-corrected chi connectivity index (χ4v) is 4.49. The van der Waals surface area contributed by atoms with Crippen molar-refractivity contribution >= 4 is 29.2 Å². The molecule has 1 aromatic carbocycles. The molecule has 0 bridgehead atoms. The lowest BCUT2D eigenvalue weighted by atomic mass is 9.96. The minimum atomic E-state index is -0.138. The Morgan fingerprint density at radius 3 is 2.19 bits per heavy atom. The molecule has 0 spiro atoms. The Hall–Kier alpha value is -2.19. The molecule has 9 heteroatoms. The number of anilines is 1. The van der Waals surface area contributed by atoms with Crippen molar-refractivity contribution in [2.24, 2.45) is 0 Å².